The van der Waals surface area contributed by atoms with Crippen LogP contribution in [-0.2, 0) is 16.1 Å². The van der Waals surface area contributed by atoms with Gasteiger partial charge in [0.2, 0.25) is 0 Å². The number of likely N-dealkylation sites (N-methyl/N-ethyl adjacent to an activating group) is 1. The molecule has 1 aromatic rings. The highest BCUT2D eigenvalue weighted by Gasteiger charge is 2.29. The fraction of sp³-hybridized carbons (Fsp3) is 0.733. The fourth-order valence-corrected chi connectivity index (χ4v) is 2.60. The van der Waals surface area contributed by atoms with Gasteiger partial charge in [0.25, 0.3) is 0 Å². The van der Waals surface area contributed by atoms with Crippen LogP contribution in [-0.4, -0.2) is 49.4 Å². The number of anilines is 2. The molecule has 0 spiro atoms. The molecule has 1 saturated heterocycles. The monoisotopic (exact) mass is 294 g/mol. The van der Waals surface area contributed by atoms with Gasteiger partial charge in [-0.3, -0.25) is 0 Å². The Hall–Kier alpha value is -1.40. The quantitative estimate of drug-likeness (QED) is 0.830. The van der Waals surface area contributed by atoms with Gasteiger partial charge in [-0.1, -0.05) is 6.92 Å². The fourth-order valence-electron chi connectivity index (χ4n) is 2.60. The molecule has 1 aliphatic heterocycles. The number of nitrogens with one attached hydrogen (secondary N) is 1. The van der Waals surface area contributed by atoms with Crippen LogP contribution in [0.15, 0.2) is 6.07 Å². The Morgan fingerprint density at radius 2 is 2.29 bits per heavy atom. The second-order valence-electron chi connectivity index (χ2n) is 5.43. The van der Waals surface area contributed by atoms with Gasteiger partial charge >= 0.3 is 0 Å². The summed E-state index contributed by atoms with van der Waals surface area (Å²) in [5.41, 5.74) is 0. The van der Waals surface area contributed by atoms with Gasteiger partial charge < -0.3 is 19.7 Å². The largest absolute Gasteiger partial charge is 0.377 e. The molecule has 0 radical (unpaired) electrons. The van der Waals surface area contributed by atoms with E-state index in [-0.39, 0.29) is 6.10 Å². The van der Waals surface area contributed by atoms with Gasteiger partial charge in [-0.15, -0.1) is 0 Å². The van der Waals surface area contributed by atoms with Crippen LogP contribution in [0.1, 0.15) is 32.5 Å². The van der Waals surface area contributed by atoms with Gasteiger partial charge in [-0.2, -0.15) is 0 Å². The van der Waals surface area contributed by atoms with E-state index in [9.17, 15) is 0 Å². The zero-order valence-corrected chi connectivity index (χ0v) is 13.4. The topological polar surface area (TPSA) is 59.5 Å². The minimum absolute atomic E-state index is 0.225. The van der Waals surface area contributed by atoms with Crippen LogP contribution in [0.3, 0.4) is 0 Å². The Morgan fingerprint density at radius 3 is 2.90 bits per heavy atom. The minimum Gasteiger partial charge on any atom is -0.377 e. The Kier molecular flexibility index (Phi) is 5.76. The first-order valence-corrected chi connectivity index (χ1v) is 7.61. The summed E-state index contributed by atoms with van der Waals surface area (Å²) < 4.78 is 10.8. The van der Waals surface area contributed by atoms with Crippen molar-refractivity contribution in [1.82, 2.24) is 9.97 Å². The Labute approximate surface area is 126 Å². The second-order valence-corrected chi connectivity index (χ2v) is 5.43. The van der Waals surface area contributed by atoms with Crippen molar-refractivity contribution in [3.05, 3.63) is 11.9 Å². The summed E-state index contributed by atoms with van der Waals surface area (Å²) in [5, 5.41) is 3.33. The summed E-state index contributed by atoms with van der Waals surface area (Å²) >= 11 is 0. The van der Waals surface area contributed by atoms with Gasteiger partial charge in [0.05, 0.1) is 12.1 Å². The number of aromatic nitrogens is 2. The molecule has 0 bridgehead atoms. The van der Waals surface area contributed by atoms with Crippen LogP contribution >= 0.6 is 0 Å². The maximum absolute atomic E-state index is 5.66. The highest BCUT2D eigenvalue weighted by molar-refractivity contribution is 5.50. The van der Waals surface area contributed by atoms with E-state index in [0.717, 1.165) is 37.6 Å². The van der Waals surface area contributed by atoms with Crippen molar-refractivity contribution >= 4 is 11.6 Å². The molecule has 2 atom stereocenters. The van der Waals surface area contributed by atoms with E-state index in [0.29, 0.717) is 18.5 Å². The van der Waals surface area contributed by atoms with Crippen LogP contribution in [0.4, 0.5) is 11.6 Å². The van der Waals surface area contributed by atoms with Gasteiger partial charge in [0.15, 0.2) is 5.82 Å². The lowest BCUT2D eigenvalue weighted by Crippen LogP contribution is -2.37. The van der Waals surface area contributed by atoms with Gasteiger partial charge in [0.1, 0.15) is 18.2 Å². The molecule has 118 valence electrons. The average molecular weight is 294 g/mol. The molecular formula is C15H26N4O2. The maximum Gasteiger partial charge on any atom is 0.158 e. The summed E-state index contributed by atoms with van der Waals surface area (Å²) in [7, 11) is 3.73. The lowest BCUT2D eigenvalue weighted by Gasteiger charge is -2.28. The van der Waals surface area contributed by atoms with Crippen molar-refractivity contribution in [2.45, 2.75) is 45.4 Å². The average Bonchev–Trinajstić information content (AvgIpc) is 2.90. The van der Waals surface area contributed by atoms with E-state index in [1.165, 1.54) is 0 Å². The highest BCUT2D eigenvalue weighted by Crippen LogP contribution is 2.24. The van der Waals surface area contributed by atoms with E-state index in [2.05, 4.69) is 41.1 Å². The van der Waals surface area contributed by atoms with Crippen LogP contribution < -0.4 is 10.2 Å². The zero-order valence-electron chi connectivity index (χ0n) is 13.4. The van der Waals surface area contributed by atoms with E-state index in [4.69, 9.17) is 9.47 Å². The summed E-state index contributed by atoms with van der Waals surface area (Å²) in [6.45, 7) is 6.37. The first-order valence-electron chi connectivity index (χ1n) is 7.61. The third kappa shape index (κ3) is 4.04. The molecule has 6 nitrogen and oxygen atoms in total. The predicted molar refractivity (Wildman–Crippen MR) is 83.7 cm³/mol. The van der Waals surface area contributed by atoms with Crippen LogP contribution in [0.5, 0.6) is 0 Å². The number of hydrogen-bond donors (Lipinski definition) is 1. The molecule has 1 aromatic heterocycles. The summed E-state index contributed by atoms with van der Waals surface area (Å²) in [4.78, 5) is 11.3. The van der Waals surface area contributed by atoms with E-state index in [1.54, 1.807) is 7.11 Å². The molecule has 1 fully saturated rings. The molecule has 0 aliphatic carbocycles. The van der Waals surface area contributed by atoms with Gasteiger partial charge in [-0.05, 0) is 19.8 Å². The Balaban J connectivity index is 2.21. The molecule has 2 rings (SSSR count). The van der Waals surface area contributed by atoms with E-state index >= 15 is 0 Å². The van der Waals surface area contributed by atoms with E-state index < -0.39 is 0 Å². The molecule has 1 N–H and O–H groups in total. The van der Waals surface area contributed by atoms with Gasteiger partial charge in [-0.25, -0.2) is 9.97 Å². The predicted octanol–water partition coefficient (Wildman–Crippen LogP) is 2.06. The molecule has 6 heteroatoms. The standard InChI is InChI=1S/C15H26N4O2/c1-5-7-16-13-9-15(18-14(17-13)10-20-4)19(3)12-6-8-21-11(12)2/h9,11-12H,5-8,10H2,1-4H3,(H,16,17,18). The molecule has 2 heterocycles. The number of hydrogen-bond acceptors (Lipinski definition) is 6. The van der Waals surface area contributed by atoms with Crippen molar-refractivity contribution in [3.63, 3.8) is 0 Å². The Morgan fingerprint density at radius 1 is 1.48 bits per heavy atom. The summed E-state index contributed by atoms with van der Waals surface area (Å²) in [6, 6.07) is 2.36. The third-order valence-electron chi connectivity index (χ3n) is 3.78. The summed E-state index contributed by atoms with van der Waals surface area (Å²) in [6.07, 6.45) is 2.31. The molecule has 0 amide bonds. The number of rotatable bonds is 7. The van der Waals surface area contributed by atoms with Crippen LogP contribution in [0.2, 0.25) is 0 Å². The molecule has 0 aromatic carbocycles. The van der Waals surface area contributed by atoms with Crippen molar-refractivity contribution in [2.24, 2.45) is 0 Å². The van der Waals surface area contributed by atoms with Crippen molar-refractivity contribution < 1.29 is 9.47 Å². The summed E-state index contributed by atoms with van der Waals surface area (Å²) in [5.74, 6) is 2.47. The van der Waals surface area contributed by atoms with Gasteiger partial charge in [0, 0.05) is 33.4 Å². The Bertz CT molecular complexity index is 455. The number of methoxy groups -OCH3 is 1. The maximum atomic E-state index is 5.66. The van der Waals surface area contributed by atoms with Crippen molar-refractivity contribution in [2.75, 3.05) is 37.5 Å². The molecule has 0 saturated carbocycles. The third-order valence-corrected chi connectivity index (χ3v) is 3.78. The lowest BCUT2D eigenvalue weighted by atomic mass is 10.1. The normalized spacial score (nSPS) is 21.5. The molecule has 1 aliphatic rings. The van der Waals surface area contributed by atoms with Crippen molar-refractivity contribution in [1.29, 1.82) is 0 Å². The first-order chi connectivity index (χ1) is 10.2. The molecule has 2 unspecified atom stereocenters. The zero-order chi connectivity index (χ0) is 15.2. The minimum atomic E-state index is 0.225. The molecule has 21 heavy (non-hydrogen) atoms. The number of nitrogens with zero attached hydrogens (tertiary/aromatic N) is 3. The van der Waals surface area contributed by atoms with E-state index in [1.807, 2.05) is 6.07 Å². The number of ether oxygens (including phenoxy) is 2. The lowest BCUT2D eigenvalue weighted by molar-refractivity contribution is 0.118. The first kappa shape index (κ1) is 16.0. The SMILES string of the molecule is CCCNc1cc(N(C)C2CCOC2C)nc(COC)n1. The van der Waals surface area contributed by atoms with Crippen LogP contribution in [0, 0.1) is 0 Å². The van der Waals surface area contributed by atoms with Crippen molar-refractivity contribution in [3.8, 4) is 0 Å². The highest BCUT2D eigenvalue weighted by atomic mass is 16.5. The smallest absolute Gasteiger partial charge is 0.158 e. The molecular weight excluding hydrogens is 268 g/mol. The van der Waals surface area contributed by atoms with Crippen LogP contribution in [0.25, 0.3) is 0 Å². The second kappa shape index (κ2) is 7.56.